The highest BCUT2D eigenvalue weighted by Crippen LogP contribution is 2.23. The van der Waals surface area contributed by atoms with Crippen molar-refractivity contribution in [3.05, 3.63) is 46.8 Å². The molecule has 1 atom stereocenters. The molecule has 1 saturated heterocycles. The fourth-order valence-corrected chi connectivity index (χ4v) is 3.49. The number of carbonyl (C=O) groups is 2. The lowest BCUT2D eigenvalue weighted by molar-refractivity contribution is -0.122. The second kappa shape index (κ2) is 8.24. The Hall–Kier alpha value is -2.83. The predicted molar refractivity (Wildman–Crippen MR) is 102 cm³/mol. The van der Waals surface area contributed by atoms with Gasteiger partial charge >= 0.3 is 0 Å². The summed E-state index contributed by atoms with van der Waals surface area (Å²) in [5, 5.41) is 6.84. The summed E-state index contributed by atoms with van der Waals surface area (Å²) in [4.78, 5) is 26.1. The summed E-state index contributed by atoms with van der Waals surface area (Å²) in [5.41, 5.74) is 8.73. The third-order valence-corrected chi connectivity index (χ3v) is 5.07. The number of rotatable bonds is 6. The molecule has 2 aromatic rings. The SMILES string of the molecule is CCc1noc(C)c1C(=O)NCc1ccc(N2CCCC(C(N)=O)C2)cc1. The van der Waals surface area contributed by atoms with Crippen molar-refractivity contribution in [3.63, 3.8) is 0 Å². The predicted octanol–water partition coefficient (Wildman–Crippen LogP) is 2.18. The quantitative estimate of drug-likeness (QED) is 0.811. The number of hydrogen-bond donors (Lipinski definition) is 2. The lowest BCUT2D eigenvalue weighted by atomic mass is 9.97. The smallest absolute Gasteiger partial charge is 0.257 e. The van der Waals surface area contributed by atoms with Crippen LogP contribution in [0.15, 0.2) is 28.8 Å². The minimum Gasteiger partial charge on any atom is -0.371 e. The van der Waals surface area contributed by atoms with E-state index in [9.17, 15) is 9.59 Å². The molecule has 1 fully saturated rings. The van der Waals surface area contributed by atoms with E-state index >= 15 is 0 Å². The maximum absolute atomic E-state index is 12.4. The maximum atomic E-state index is 12.4. The molecule has 0 aliphatic carbocycles. The molecule has 1 aliphatic rings. The summed E-state index contributed by atoms with van der Waals surface area (Å²) < 4.78 is 5.12. The van der Waals surface area contributed by atoms with Crippen LogP contribution in [0, 0.1) is 12.8 Å². The van der Waals surface area contributed by atoms with Crippen molar-refractivity contribution in [2.45, 2.75) is 39.7 Å². The molecule has 1 aromatic carbocycles. The van der Waals surface area contributed by atoms with Crippen LogP contribution >= 0.6 is 0 Å². The first-order valence-corrected chi connectivity index (χ1v) is 9.36. The first kappa shape index (κ1) is 18.9. The number of amides is 2. The molecule has 7 heteroatoms. The zero-order valence-electron chi connectivity index (χ0n) is 15.8. The topological polar surface area (TPSA) is 101 Å². The van der Waals surface area contributed by atoms with E-state index in [1.165, 1.54) is 0 Å². The largest absolute Gasteiger partial charge is 0.371 e. The summed E-state index contributed by atoms with van der Waals surface area (Å²) >= 11 is 0. The highest BCUT2D eigenvalue weighted by atomic mass is 16.5. The molecule has 1 aliphatic heterocycles. The number of anilines is 1. The number of piperidine rings is 1. The summed E-state index contributed by atoms with van der Waals surface area (Å²) in [5.74, 6) is 0.0515. The summed E-state index contributed by atoms with van der Waals surface area (Å²) in [6, 6.07) is 8.02. The lowest BCUT2D eigenvalue weighted by Crippen LogP contribution is -2.41. The molecule has 27 heavy (non-hydrogen) atoms. The van der Waals surface area contributed by atoms with Crippen LogP contribution in [-0.4, -0.2) is 30.1 Å². The lowest BCUT2D eigenvalue weighted by Gasteiger charge is -2.33. The first-order chi connectivity index (χ1) is 13.0. The van der Waals surface area contributed by atoms with Crippen LogP contribution in [0.4, 0.5) is 5.69 Å². The second-order valence-corrected chi connectivity index (χ2v) is 6.95. The standard InChI is InChI=1S/C20H26N4O3/c1-3-17-18(13(2)27-23-17)20(26)22-11-14-6-8-16(9-7-14)24-10-4-5-15(12-24)19(21)25/h6-9,15H,3-5,10-12H2,1-2H3,(H2,21,25)(H,22,26). The second-order valence-electron chi connectivity index (χ2n) is 6.95. The first-order valence-electron chi connectivity index (χ1n) is 9.36. The molecule has 0 spiro atoms. The molecule has 2 heterocycles. The van der Waals surface area contributed by atoms with Gasteiger partial charge in [0.2, 0.25) is 5.91 Å². The molecule has 2 amide bonds. The Morgan fingerprint density at radius 3 is 2.74 bits per heavy atom. The molecule has 0 saturated carbocycles. The number of nitrogens with two attached hydrogens (primary N) is 1. The van der Waals surface area contributed by atoms with E-state index in [2.05, 4.69) is 15.4 Å². The van der Waals surface area contributed by atoms with Crippen molar-refractivity contribution in [2.24, 2.45) is 11.7 Å². The number of benzene rings is 1. The van der Waals surface area contributed by atoms with Crippen molar-refractivity contribution >= 4 is 17.5 Å². The third kappa shape index (κ3) is 4.30. The summed E-state index contributed by atoms with van der Waals surface area (Å²) in [6.07, 6.45) is 2.47. The van der Waals surface area contributed by atoms with Crippen molar-refractivity contribution in [2.75, 3.05) is 18.0 Å². The number of nitrogens with zero attached hydrogens (tertiary/aromatic N) is 2. The van der Waals surface area contributed by atoms with Gasteiger partial charge in [-0.2, -0.15) is 0 Å². The van der Waals surface area contributed by atoms with Gasteiger partial charge in [0.25, 0.3) is 5.91 Å². The van der Waals surface area contributed by atoms with Crippen molar-refractivity contribution < 1.29 is 14.1 Å². The normalized spacial score (nSPS) is 17.0. The fourth-order valence-electron chi connectivity index (χ4n) is 3.49. The van der Waals surface area contributed by atoms with Gasteiger partial charge in [0.1, 0.15) is 11.3 Å². The van der Waals surface area contributed by atoms with E-state index < -0.39 is 0 Å². The zero-order chi connectivity index (χ0) is 19.4. The Kier molecular flexibility index (Phi) is 5.78. The number of hydrogen-bond acceptors (Lipinski definition) is 5. The van der Waals surface area contributed by atoms with Crippen molar-refractivity contribution in [1.82, 2.24) is 10.5 Å². The highest BCUT2D eigenvalue weighted by molar-refractivity contribution is 5.96. The molecule has 1 unspecified atom stereocenters. The van der Waals surface area contributed by atoms with E-state index in [-0.39, 0.29) is 17.7 Å². The van der Waals surface area contributed by atoms with E-state index in [1.807, 2.05) is 31.2 Å². The van der Waals surface area contributed by atoms with Gasteiger partial charge in [-0.3, -0.25) is 9.59 Å². The minimum atomic E-state index is -0.227. The Morgan fingerprint density at radius 2 is 2.07 bits per heavy atom. The Bertz CT molecular complexity index is 813. The number of nitrogens with one attached hydrogen (secondary N) is 1. The molecular formula is C20H26N4O3. The minimum absolute atomic E-state index is 0.0858. The van der Waals surface area contributed by atoms with E-state index in [0.717, 1.165) is 30.6 Å². The van der Waals surface area contributed by atoms with Gasteiger partial charge in [-0.15, -0.1) is 0 Å². The van der Waals surface area contributed by atoms with Crippen LogP contribution in [0.3, 0.4) is 0 Å². The molecule has 1 aromatic heterocycles. The van der Waals surface area contributed by atoms with Gasteiger partial charge in [0.05, 0.1) is 11.6 Å². The number of carbonyl (C=O) groups excluding carboxylic acids is 2. The van der Waals surface area contributed by atoms with Gasteiger partial charge in [-0.25, -0.2) is 0 Å². The molecular weight excluding hydrogens is 344 g/mol. The van der Waals surface area contributed by atoms with Gasteiger partial charge in [0, 0.05) is 25.3 Å². The average molecular weight is 370 g/mol. The van der Waals surface area contributed by atoms with Gasteiger partial charge < -0.3 is 20.5 Å². The van der Waals surface area contributed by atoms with Crippen LogP contribution in [0.5, 0.6) is 0 Å². The molecule has 0 radical (unpaired) electrons. The zero-order valence-corrected chi connectivity index (χ0v) is 15.8. The Balaban J connectivity index is 1.60. The van der Waals surface area contributed by atoms with E-state index in [4.69, 9.17) is 10.3 Å². The molecule has 7 nitrogen and oxygen atoms in total. The summed E-state index contributed by atoms with van der Waals surface area (Å²) in [6.45, 7) is 5.70. The van der Waals surface area contributed by atoms with Gasteiger partial charge in [-0.1, -0.05) is 24.2 Å². The van der Waals surface area contributed by atoms with Crippen LogP contribution in [0.2, 0.25) is 0 Å². The molecule has 0 bridgehead atoms. The fraction of sp³-hybridized carbons (Fsp3) is 0.450. The van der Waals surface area contributed by atoms with Gasteiger partial charge in [0.15, 0.2) is 0 Å². The number of aryl methyl sites for hydroxylation is 2. The molecule has 3 N–H and O–H groups in total. The average Bonchev–Trinajstić information content (AvgIpc) is 3.07. The highest BCUT2D eigenvalue weighted by Gasteiger charge is 2.24. The van der Waals surface area contributed by atoms with Crippen LogP contribution < -0.4 is 16.0 Å². The van der Waals surface area contributed by atoms with Crippen LogP contribution in [-0.2, 0) is 17.8 Å². The molecule has 144 valence electrons. The van der Waals surface area contributed by atoms with E-state index in [1.54, 1.807) is 6.92 Å². The molecule has 3 rings (SSSR count). The third-order valence-electron chi connectivity index (χ3n) is 5.07. The van der Waals surface area contributed by atoms with Crippen molar-refractivity contribution in [1.29, 1.82) is 0 Å². The monoisotopic (exact) mass is 370 g/mol. The number of aromatic nitrogens is 1. The van der Waals surface area contributed by atoms with E-state index in [0.29, 0.717) is 36.5 Å². The van der Waals surface area contributed by atoms with Crippen molar-refractivity contribution in [3.8, 4) is 0 Å². The number of primary amides is 1. The van der Waals surface area contributed by atoms with Crippen LogP contribution in [0.25, 0.3) is 0 Å². The maximum Gasteiger partial charge on any atom is 0.257 e. The van der Waals surface area contributed by atoms with Gasteiger partial charge in [-0.05, 0) is 43.9 Å². The Morgan fingerprint density at radius 1 is 1.33 bits per heavy atom. The summed E-state index contributed by atoms with van der Waals surface area (Å²) in [7, 11) is 0. The van der Waals surface area contributed by atoms with Crippen LogP contribution in [0.1, 0.15) is 47.1 Å². The Labute approximate surface area is 158 Å².